The van der Waals surface area contributed by atoms with Gasteiger partial charge in [0.2, 0.25) is 5.91 Å². The van der Waals surface area contributed by atoms with E-state index >= 15 is 0 Å². The molecule has 0 spiro atoms. The van der Waals surface area contributed by atoms with Crippen molar-refractivity contribution in [1.29, 1.82) is 0 Å². The first-order valence-electron chi connectivity index (χ1n) is 7.65. The molecule has 1 atom stereocenters. The fourth-order valence-electron chi connectivity index (χ4n) is 2.69. The maximum atomic E-state index is 12.3. The van der Waals surface area contributed by atoms with Gasteiger partial charge in [0.1, 0.15) is 11.6 Å². The summed E-state index contributed by atoms with van der Waals surface area (Å²) in [5, 5.41) is 8.81. The minimum absolute atomic E-state index is 0.0625. The third-order valence-corrected chi connectivity index (χ3v) is 4.65. The lowest BCUT2D eigenvalue weighted by Gasteiger charge is -2.17. The molecule has 3 rings (SSSR count). The molecule has 2 aromatic carbocycles. The second-order valence-electron chi connectivity index (χ2n) is 5.63. The molecule has 0 bridgehead atoms. The van der Waals surface area contributed by atoms with Gasteiger partial charge in [-0.15, -0.1) is 0 Å². The summed E-state index contributed by atoms with van der Waals surface area (Å²) < 4.78 is 0.985. The number of nitrogens with one attached hydrogen (secondary N) is 1. The Hall–Kier alpha value is -2.37. The summed E-state index contributed by atoms with van der Waals surface area (Å²) >= 11 is 11.5. The van der Waals surface area contributed by atoms with E-state index in [9.17, 15) is 9.59 Å². The van der Waals surface area contributed by atoms with Crippen LogP contribution in [-0.4, -0.2) is 15.7 Å². The summed E-state index contributed by atoms with van der Waals surface area (Å²) in [4.78, 5) is 24.3. The highest BCUT2D eigenvalue weighted by molar-refractivity contribution is 6.41. The van der Waals surface area contributed by atoms with Gasteiger partial charge in [-0.25, -0.2) is 4.68 Å². The monoisotopic (exact) mass is 375 g/mol. The Morgan fingerprint density at radius 2 is 1.92 bits per heavy atom. The summed E-state index contributed by atoms with van der Waals surface area (Å²) in [6.07, 6.45) is 1.24. The Bertz CT molecular complexity index is 996. The van der Waals surface area contributed by atoms with E-state index in [0.717, 1.165) is 21.0 Å². The molecule has 1 amide bonds. The van der Waals surface area contributed by atoms with Gasteiger partial charge in [-0.1, -0.05) is 65.7 Å². The van der Waals surface area contributed by atoms with Crippen LogP contribution in [0.2, 0.25) is 10.0 Å². The topological polar surface area (TPSA) is 64.0 Å². The molecular formula is C18H15Cl2N3O2. The highest BCUT2D eigenvalue weighted by atomic mass is 35.5. The molecule has 5 nitrogen and oxygen atoms in total. The average Bonchev–Trinajstić information content (AvgIpc) is 2.61. The third-order valence-electron chi connectivity index (χ3n) is 3.90. The number of nitrogens with zero attached hydrogens (tertiary/aromatic N) is 2. The number of carbonyl (C=O) groups is 1. The number of carbonyl (C=O) groups excluding carboxylic acids is 1. The predicted octanol–water partition coefficient (Wildman–Crippen LogP) is 3.58. The summed E-state index contributed by atoms with van der Waals surface area (Å²) in [5.41, 5.74) is 0.406. The number of benzene rings is 2. The quantitative estimate of drug-likeness (QED) is 0.757. The molecular weight excluding hydrogens is 361 g/mol. The molecule has 1 aromatic heterocycles. The van der Waals surface area contributed by atoms with Crippen molar-refractivity contribution in [2.45, 2.75) is 19.5 Å². The van der Waals surface area contributed by atoms with Crippen molar-refractivity contribution in [2.24, 2.45) is 0 Å². The van der Waals surface area contributed by atoms with Crippen molar-refractivity contribution >= 4 is 39.9 Å². The van der Waals surface area contributed by atoms with Gasteiger partial charge >= 0.3 is 0 Å². The van der Waals surface area contributed by atoms with E-state index in [1.165, 1.54) is 6.20 Å². The molecule has 0 saturated heterocycles. The molecule has 1 N–H and O–H groups in total. The summed E-state index contributed by atoms with van der Waals surface area (Å²) in [5.74, 6) is -0.339. The zero-order valence-corrected chi connectivity index (χ0v) is 14.9. The van der Waals surface area contributed by atoms with Crippen molar-refractivity contribution in [3.05, 3.63) is 74.6 Å². The molecule has 1 heterocycles. The minimum Gasteiger partial charge on any atom is -0.348 e. The van der Waals surface area contributed by atoms with Crippen LogP contribution >= 0.6 is 23.2 Å². The van der Waals surface area contributed by atoms with E-state index < -0.39 is 5.56 Å². The predicted molar refractivity (Wildman–Crippen MR) is 99.0 cm³/mol. The standard InChI is InChI=1S/C18H15Cl2N3O2/c1-11(13-8-4-6-12-5-2-3-7-14(12)13)22-16(24)10-23-18(25)17(20)15(19)9-21-23/h2-9,11H,10H2,1H3,(H,22,24). The van der Waals surface area contributed by atoms with Crippen molar-refractivity contribution < 1.29 is 4.79 Å². The van der Waals surface area contributed by atoms with Crippen LogP contribution in [0.25, 0.3) is 10.8 Å². The normalized spacial score (nSPS) is 12.1. The summed E-state index contributed by atoms with van der Waals surface area (Å²) in [6.45, 7) is 1.66. The largest absolute Gasteiger partial charge is 0.348 e. The Morgan fingerprint density at radius 1 is 1.20 bits per heavy atom. The van der Waals surface area contributed by atoms with E-state index in [1.54, 1.807) is 0 Å². The van der Waals surface area contributed by atoms with Crippen LogP contribution in [0.3, 0.4) is 0 Å². The number of hydrogen-bond donors (Lipinski definition) is 1. The Labute approximate surface area is 154 Å². The van der Waals surface area contributed by atoms with Crippen molar-refractivity contribution in [3.8, 4) is 0 Å². The van der Waals surface area contributed by atoms with Gasteiger partial charge in [-0.3, -0.25) is 9.59 Å². The van der Waals surface area contributed by atoms with Gasteiger partial charge < -0.3 is 5.32 Å². The molecule has 0 aliphatic carbocycles. The lowest BCUT2D eigenvalue weighted by atomic mass is 10.00. The average molecular weight is 376 g/mol. The second-order valence-corrected chi connectivity index (χ2v) is 6.41. The minimum atomic E-state index is -0.595. The zero-order valence-electron chi connectivity index (χ0n) is 13.4. The SMILES string of the molecule is CC(NC(=O)Cn1ncc(Cl)c(Cl)c1=O)c1cccc2ccccc12. The van der Waals surface area contributed by atoms with Gasteiger partial charge in [0, 0.05) is 0 Å². The van der Waals surface area contributed by atoms with Crippen LogP contribution in [0.5, 0.6) is 0 Å². The molecule has 128 valence electrons. The number of amides is 1. The van der Waals surface area contributed by atoms with E-state index in [0.29, 0.717) is 0 Å². The van der Waals surface area contributed by atoms with Crippen LogP contribution in [-0.2, 0) is 11.3 Å². The van der Waals surface area contributed by atoms with E-state index in [4.69, 9.17) is 23.2 Å². The van der Waals surface area contributed by atoms with Gasteiger partial charge in [0.25, 0.3) is 5.56 Å². The first-order chi connectivity index (χ1) is 12.0. The molecule has 3 aromatic rings. The van der Waals surface area contributed by atoms with Crippen molar-refractivity contribution in [2.75, 3.05) is 0 Å². The number of aromatic nitrogens is 2. The van der Waals surface area contributed by atoms with Crippen LogP contribution < -0.4 is 10.9 Å². The highest BCUT2D eigenvalue weighted by Crippen LogP contribution is 2.24. The maximum absolute atomic E-state index is 12.3. The molecule has 25 heavy (non-hydrogen) atoms. The molecule has 0 radical (unpaired) electrons. The third kappa shape index (κ3) is 3.67. The van der Waals surface area contributed by atoms with Crippen LogP contribution in [0.1, 0.15) is 18.5 Å². The Morgan fingerprint density at radius 3 is 2.72 bits per heavy atom. The summed E-state index contributed by atoms with van der Waals surface area (Å²) in [6, 6.07) is 13.7. The number of fused-ring (bicyclic) bond motifs is 1. The lowest BCUT2D eigenvalue weighted by molar-refractivity contribution is -0.122. The molecule has 7 heteroatoms. The zero-order chi connectivity index (χ0) is 18.0. The molecule has 0 saturated carbocycles. The van der Waals surface area contributed by atoms with E-state index in [1.807, 2.05) is 49.4 Å². The smallest absolute Gasteiger partial charge is 0.287 e. The van der Waals surface area contributed by atoms with Gasteiger partial charge in [0.05, 0.1) is 17.3 Å². The molecule has 0 fully saturated rings. The fraction of sp³-hybridized carbons (Fsp3) is 0.167. The molecule has 0 aliphatic heterocycles. The van der Waals surface area contributed by atoms with Crippen molar-refractivity contribution in [3.63, 3.8) is 0 Å². The first kappa shape index (κ1) is 17.5. The van der Waals surface area contributed by atoms with Gasteiger partial charge in [0.15, 0.2) is 0 Å². The number of rotatable bonds is 4. The van der Waals surface area contributed by atoms with E-state index in [-0.39, 0.29) is 28.5 Å². The number of hydrogen-bond acceptors (Lipinski definition) is 3. The van der Waals surface area contributed by atoms with Gasteiger partial charge in [-0.05, 0) is 23.3 Å². The molecule has 1 unspecified atom stereocenters. The first-order valence-corrected chi connectivity index (χ1v) is 8.41. The van der Waals surface area contributed by atoms with Crippen molar-refractivity contribution in [1.82, 2.24) is 15.1 Å². The maximum Gasteiger partial charge on any atom is 0.287 e. The summed E-state index contributed by atoms with van der Waals surface area (Å²) in [7, 11) is 0. The van der Waals surface area contributed by atoms with Crippen LogP contribution in [0, 0.1) is 0 Å². The van der Waals surface area contributed by atoms with Gasteiger partial charge in [-0.2, -0.15) is 5.10 Å². The van der Waals surface area contributed by atoms with Crippen LogP contribution in [0.4, 0.5) is 0 Å². The Balaban J connectivity index is 1.79. The van der Waals surface area contributed by atoms with E-state index in [2.05, 4.69) is 10.4 Å². The highest BCUT2D eigenvalue weighted by Gasteiger charge is 2.15. The number of halogens is 2. The second kappa shape index (κ2) is 7.25. The molecule has 0 aliphatic rings. The lowest BCUT2D eigenvalue weighted by Crippen LogP contribution is -2.35. The van der Waals surface area contributed by atoms with Crippen LogP contribution in [0.15, 0.2) is 53.5 Å². The fourth-order valence-corrected chi connectivity index (χ4v) is 2.96. The Kier molecular flexibility index (Phi) is 5.06.